The van der Waals surface area contributed by atoms with Crippen LogP contribution in [-0.2, 0) is 14.4 Å². The first-order valence-electron chi connectivity index (χ1n) is 9.01. The van der Waals surface area contributed by atoms with Crippen LogP contribution in [0.25, 0.3) is 0 Å². The van der Waals surface area contributed by atoms with Gasteiger partial charge in [0.1, 0.15) is 5.75 Å². The summed E-state index contributed by atoms with van der Waals surface area (Å²) in [6, 6.07) is 14.2. The number of benzene rings is 2. The predicted octanol–water partition coefficient (Wildman–Crippen LogP) is 2.72. The van der Waals surface area contributed by atoms with Crippen molar-refractivity contribution in [2.45, 2.75) is 20.8 Å². The summed E-state index contributed by atoms with van der Waals surface area (Å²) in [5.74, 6) is -0.436. The van der Waals surface area contributed by atoms with Gasteiger partial charge in [0.25, 0.3) is 5.91 Å². The minimum atomic E-state index is -0.395. The van der Waals surface area contributed by atoms with Crippen LogP contribution < -0.4 is 20.7 Å². The van der Waals surface area contributed by atoms with Crippen LogP contribution in [0.3, 0.4) is 0 Å². The van der Waals surface area contributed by atoms with E-state index in [9.17, 15) is 14.4 Å². The lowest BCUT2D eigenvalue weighted by molar-refractivity contribution is -0.125. The van der Waals surface area contributed by atoms with Crippen molar-refractivity contribution >= 4 is 29.1 Å². The predicted molar refractivity (Wildman–Crippen MR) is 108 cm³/mol. The van der Waals surface area contributed by atoms with Crippen molar-refractivity contribution in [2.24, 2.45) is 5.92 Å². The maximum atomic E-state index is 12.1. The Balaban J connectivity index is 1.83. The molecule has 0 atom stereocenters. The minimum absolute atomic E-state index is 0.105. The fraction of sp³-hybridized carbons (Fsp3) is 0.286. The number of carbonyl (C=O) groups is 3. The molecule has 0 saturated heterocycles. The van der Waals surface area contributed by atoms with E-state index < -0.39 is 5.91 Å². The molecular formula is C21H25N3O4. The second kappa shape index (κ2) is 10.1. The maximum absolute atomic E-state index is 12.1. The molecule has 0 heterocycles. The lowest BCUT2D eigenvalue weighted by Gasteiger charge is -2.13. The molecule has 3 N–H and O–H groups in total. The molecule has 28 heavy (non-hydrogen) atoms. The lowest BCUT2D eigenvalue weighted by Crippen LogP contribution is -2.35. The van der Waals surface area contributed by atoms with Gasteiger partial charge in [0.2, 0.25) is 11.8 Å². The van der Waals surface area contributed by atoms with Gasteiger partial charge in [-0.05, 0) is 36.8 Å². The van der Waals surface area contributed by atoms with Crippen LogP contribution in [0.5, 0.6) is 5.75 Å². The number of hydrogen-bond acceptors (Lipinski definition) is 4. The van der Waals surface area contributed by atoms with Gasteiger partial charge in [-0.3, -0.25) is 14.4 Å². The monoisotopic (exact) mass is 383 g/mol. The standard InChI is InChI=1S/C21H25N3O4/c1-14(2)21(27)23-16-10-9-15(3)18(11-16)24-19(25)12-22-20(26)13-28-17-7-5-4-6-8-17/h4-11,14H,12-13H2,1-3H3,(H,22,26)(H,23,27)(H,24,25). The van der Waals surface area contributed by atoms with Crippen molar-refractivity contribution in [1.82, 2.24) is 5.32 Å². The zero-order chi connectivity index (χ0) is 20.5. The van der Waals surface area contributed by atoms with Crippen LogP contribution >= 0.6 is 0 Å². The van der Waals surface area contributed by atoms with Gasteiger partial charge in [-0.25, -0.2) is 0 Å². The van der Waals surface area contributed by atoms with E-state index in [1.165, 1.54) is 0 Å². The minimum Gasteiger partial charge on any atom is -0.484 e. The second-order valence-electron chi connectivity index (χ2n) is 6.60. The summed E-state index contributed by atoms with van der Waals surface area (Å²) >= 11 is 0. The molecule has 0 bridgehead atoms. The first-order chi connectivity index (χ1) is 13.3. The molecule has 0 aliphatic carbocycles. The first-order valence-corrected chi connectivity index (χ1v) is 9.01. The van der Waals surface area contributed by atoms with Crippen LogP contribution in [-0.4, -0.2) is 30.9 Å². The summed E-state index contributed by atoms with van der Waals surface area (Å²) in [4.78, 5) is 35.8. The highest BCUT2D eigenvalue weighted by molar-refractivity contribution is 5.97. The summed E-state index contributed by atoms with van der Waals surface area (Å²) in [6.45, 7) is 5.09. The Morgan fingerprint density at radius 3 is 2.36 bits per heavy atom. The molecule has 0 aromatic heterocycles. The molecule has 0 saturated carbocycles. The third-order valence-corrected chi connectivity index (χ3v) is 3.86. The van der Waals surface area contributed by atoms with Crippen LogP contribution in [0.1, 0.15) is 19.4 Å². The summed E-state index contributed by atoms with van der Waals surface area (Å²) in [5.41, 5.74) is 2.01. The normalized spacial score (nSPS) is 10.3. The molecule has 0 unspecified atom stereocenters. The lowest BCUT2D eigenvalue weighted by atomic mass is 10.1. The summed E-state index contributed by atoms with van der Waals surface area (Å²) in [7, 11) is 0. The van der Waals surface area contributed by atoms with Crippen molar-refractivity contribution in [3.63, 3.8) is 0 Å². The Morgan fingerprint density at radius 1 is 0.964 bits per heavy atom. The number of carbonyl (C=O) groups excluding carboxylic acids is 3. The van der Waals surface area contributed by atoms with Gasteiger partial charge in [0.15, 0.2) is 6.61 Å². The number of nitrogens with one attached hydrogen (secondary N) is 3. The zero-order valence-corrected chi connectivity index (χ0v) is 16.2. The largest absolute Gasteiger partial charge is 0.484 e. The van der Waals surface area contributed by atoms with Gasteiger partial charge in [-0.1, -0.05) is 38.1 Å². The van der Waals surface area contributed by atoms with E-state index >= 15 is 0 Å². The average molecular weight is 383 g/mol. The highest BCUT2D eigenvalue weighted by Gasteiger charge is 2.11. The Kier molecular flexibility index (Phi) is 7.56. The van der Waals surface area contributed by atoms with Crippen molar-refractivity contribution < 1.29 is 19.1 Å². The fourth-order valence-corrected chi connectivity index (χ4v) is 2.21. The Bertz CT molecular complexity index is 835. The zero-order valence-electron chi connectivity index (χ0n) is 16.2. The highest BCUT2D eigenvalue weighted by Crippen LogP contribution is 2.20. The van der Waals surface area contributed by atoms with E-state index in [1.807, 2.05) is 13.0 Å². The van der Waals surface area contributed by atoms with Gasteiger partial charge in [-0.2, -0.15) is 0 Å². The van der Waals surface area contributed by atoms with Gasteiger partial charge in [0.05, 0.1) is 6.54 Å². The molecule has 148 valence electrons. The molecule has 0 radical (unpaired) electrons. The van der Waals surface area contributed by atoms with Gasteiger partial charge >= 0.3 is 0 Å². The number of ether oxygens (including phenoxy) is 1. The van der Waals surface area contributed by atoms with E-state index in [1.54, 1.807) is 56.3 Å². The van der Waals surface area contributed by atoms with Crippen LogP contribution in [0.2, 0.25) is 0 Å². The summed E-state index contributed by atoms with van der Waals surface area (Å²) in [6.07, 6.45) is 0. The highest BCUT2D eigenvalue weighted by atomic mass is 16.5. The van der Waals surface area contributed by atoms with Crippen LogP contribution in [0.15, 0.2) is 48.5 Å². The Hall–Kier alpha value is -3.35. The molecule has 7 heteroatoms. The molecule has 0 fully saturated rings. The Morgan fingerprint density at radius 2 is 1.68 bits per heavy atom. The maximum Gasteiger partial charge on any atom is 0.258 e. The smallest absolute Gasteiger partial charge is 0.258 e. The molecule has 0 aliphatic heterocycles. The molecule has 2 rings (SSSR count). The van der Waals surface area contributed by atoms with E-state index in [0.717, 1.165) is 5.56 Å². The van der Waals surface area contributed by atoms with Gasteiger partial charge < -0.3 is 20.7 Å². The second-order valence-corrected chi connectivity index (χ2v) is 6.60. The number of para-hydroxylation sites is 1. The fourth-order valence-electron chi connectivity index (χ4n) is 2.21. The molecule has 0 spiro atoms. The topological polar surface area (TPSA) is 96.5 Å². The van der Waals surface area contributed by atoms with Crippen molar-refractivity contribution in [1.29, 1.82) is 0 Å². The molecule has 7 nitrogen and oxygen atoms in total. The number of hydrogen-bond donors (Lipinski definition) is 3. The Labute approximate surface area is 164 Å². The average Bonchev–Trinajstić information content (AvgIpc) is 2.68. The molecular weight excluding hydrogens is 358 g/mol. The van der Waals surface area contributed by atoms with E-state index in [4.69, 9.17) is 4.74 Å². The molecule has 0 aliphatic rings. The van der Waals surface area contributed by atoms with Gasteiger partial charge in [-0.15, -0.1) is 0 Å². The van der Waals surface area contributed by atoms with E-state index in [2.05, 4.69) is 16.0 Å². The third-order valence-electron chi connectivity index (χ3n) is 3.86. The van der Waals surface area contributed by atoms with Crippen molar-refractivity contribution in [3.8, 4) is 5.75 Å². The SMILES string of the molecule is Cc1ccc(NC(=O)C(C)C)cc1NC(=O)CNC(=O)COc1ccccc1. The van der Waals surface area contributed by atoms with Crippen molar-refractivity contribution in [3.05, 3.63) is 54.1 Å². The van der Waals surface area contributed by atoms with Crippen LogP contribution in [0.4, 0.5) is 11.4 Å². The van der Waals surface area contributed by atoms with E-state index in [-0.39, 0.29) is 30.9 Å². The van der Waals surface area contributed by atoms with Gasteiger partial charge in [0, 0.05) is 17.3 Å². The summed E-state index contributed by atoms with van der Waals surface area (Å²) in [5, 5.41) is 8.03. The molecule has 3 amide bonds. The quantitative estimate of drug-likeness (QED) is 0.653. The number of anilines is 2. The number of amides is 3. The third kappa shape index (κ3) is 6.75. The first kappa shape index (κ1) is 21.0. The number of aryl methyl sites for hydroxylation is 1. The molecule has 2 aromatic carbocycles. The van der Waals surface area contributed by atoms with Crippen molar-refractivity contribution in [2.75, 3.05) is 23.8 Å². The van der Waals surface area contributed by atoms with Crippen LogP contribution in [0, 0.1) is 12.8 Å². The molecule has 2 aromatic rings. The summed E-state index contributed by atoms with van der Waals surface area (Å²) < 4.78 is 5.33. The number of rotatable bonds is 8. The van der Waals surface area contributed by atoms with E-state index in [0.29, 0.717) is 17.1 Å².